The van der Waals surface area contributed by atoms with Gasteiger partial charge in [0.2, 0.25) is 0 Å². The predicted molar refractivity (Wildman–Crippen MR) is 84.0 cm³/mol. The molecule has 114 valence electrons. The molecule has 1 aromatic carbocycles. The molecule has 0 aliphatic heterocycles. The molecule has 4 aromatic rings. The average molecular weight is 330 g/mol. The third-order valence-electron chi connectivity index (χ3n) is 3.25. The second-order valence-electron chi connectivity index (χ2n) is 4.71. The fraction of sp³-hybridized carbons (Fsp3) is 0. The van der Waals surface area contributed by atoms with Gasteiger partial charge in [-0.2, -0.15) is 5.10 Å². The van der Waals surface area contributed by atoms with E-state index < -0.39 is 5.82 Å². The number of aromatic nitrogens is 6. The zero-order valence-electron chi connectivity index (χ0n) is 11.5. The summed E-state index contributed by atoms with van der Waals surface area (Å²) in [4.78, 5) is 15.6. The van der Waals surface area contributed by atoms with Gasteiger partial charge in [0.25, 0.3) is 0 Å². The second-order valence-corrected chi connectivity index (χ2v) is 5.12. The molecule has 0 saturated carbocycles. The summed E-state index contributed by atoms with van der Waals surface area (Å²) in [6, 6.07) is 4.46. The minimum atomic E-state index is -0.464. The molecule has 3 N–H and O–H groups in total. The Labute approximate surface area is 134 Å². The first-order valence-electron chi connectivity index (χ1n) is 6.63. The maximum absolute atomic E-state index is 14.1. The normalized spacial score (nSPS) is 11.0. The topological polar surface area (TPSA) is 95.2 Å². The van der Waals surface area contributed by atoms with Gasteiger partial charge in [-0.1, -0.05) is 17.7 Å². The van der Waals surface area contributed by atoms with Crippen LogP contribution >= 0.6 is 11.6 Å². The number of rotatable bonds is 3. The third kappa shape index (κ3) is 2.38. The van der Waals surface area contributed by atoms with Crippen LogP contribution in [-0.2, 0) is 0 Å². The number of H-pyrrole nitrogens is 2. The lowest BCUT2D eigenvalue weighted by Crippen LogP contribution is -1.94. The smallest absolute Gasteiger partial charge is 0.183 e. The molecular formula is C14H9ClFN7. The Morgan fingerprint density at radius 3 is 2.91 bits per heavy atom. The van der Waals surface area contributed by atoms with Crippen LogP contribution in [0.3, 0.4) is 0 Å². The summed E-state index contributed by atoms with van der Waals surface area (Å²) >= 11 is 6.08. The zero-order valence-corrected chi connectivity index (χ0v) is 12.3. The highest BCUT2D eigenvalue weighted by atomic mass is 35.5. The Hall–Kier alpha value is -3.00. The lowest BCUT2D eigenvalue weighted by Gasteiger charge is -2.02. The van der Waals surface area contributed by atoms with Crippen molar-refractivity contribution in [2.24, 2.45) is 0 Å². The summed E-state index contributed by atoms with van der Waals surface area (Å²) in [7, 11) is 0. The molecule has 0 unspecified atom stereocenters. The van der Waals surface area contributed by atoms with E-state index in [0.717, 1.165) is 5.69 Å². The van der Waals surface area contributed by atoms with E-state index in [0.29, 0.717) is 22.8 Å². The van der Waals surface area contributed by atoms with Crippen LogP contribution in [0.1, 0.15) is 0 Å². The summed E-state index contributed by atoms with van der Waals surface area (Å²) in [5.74, 6) is 0.329. The van der Waals surface area contributed by atoms with E-state index in [2.05, 4.69) is 35.5 Å². The van der Waals surface area contributed by atoms with Gasteiger partial charge < -0.3 is 10.3 Å². The molecule has 0 aliphatic rings. The van der Waals surface area contributed by atoms with E-state index >= 15 is 0 Å². The second kappa shape index (κ2) is 5.33. The quantitative estimate of drug-likeness (QED) is 0.536. The van der Waals surface area contributed by atoms with E-state index in [1.807, 2.05) is 0 Å². The van der Waals surface area contributed by atoms with Crippen molar-refractivity contribution < 1.29 is 4.39 Å². The van der Waals surface area contributed by atoms with Crippen LogP contribution in [0, 0.1) is 5.82 Å². The van der Waals surface area contributed by atoms with Crippen molar-refractivity contribution in [2.45, 2.75) is 0 Å². The van der Waals surface area contributed by atoms with Crippen molar-refractivity contribution in [1.29, 1.82) is 0 Å². The Kier molecular flexibility index (Phi) is 3.16. The lowest BCUT2D eigenvalue weighted by molar-refractivity contribution is 0.630. The minimum Gasteiger partial charge on any atom is -0.336 e. The number of benzene rings is 1. The van der Waals surface area contributed by atoms with Crippen molar-refractivity contribution in [1.82, 2.24) is 30.1 Å². The number of anilines is 2. The van der Waals surface area contributed by atoms with Crippen molar-refractivity contribution in [2.75, 3.05) is 5.32 Å². The number of fused-ring (bicyclic) bond motifs is 1. The number of nitrogens with one attached hydrogen (secondary N) is 3. The van der Waals surface area contributed by atoms with Crippen LogP contribution in [-0.4, -0.2) is 30.1 Å². The predicted octanol–water partition coefficient (Wildman–Crippen LogP) is 3.28. The largest absolute Gasteiger partial charge is 0.336 e. The molecule has 0 radical (unpaired) electrons. The summed E-state index contributed by atoms with van der Waals surface area (Å²) in [6.45, 7) is 0. The fourth-order valence-corrected chi connectivity index (χ4v) is 2.47. The number of nitrogens with zero attached hydrogens (tertiary/aromatic N) is 4. The number of aromatic amines is 2. The number of imidazole rings is 1. The van der Waals surface area contributed by atoms with Crippen LogP contribution in [0.15, 0.2) is 36.9 Å². The molecule has 3 aromatic heterocycles. The first kappa shape index (κ1) is 13.6. The van der Waals surface area contributed by atoms with Gasteiger partial charge in [0.1, 0.15) is 23.5 Å². The molecule has 7 nitrogen and oxygen atoms in total. The Balaban J connectivity index is 1.85. The van der Waals surface area contributed by atoms with Crippen LogP contribution in [0.4, 0.5) is 15.9 Å². The molecule has 0 amide bonds. The number of hydrogen-bond acceptors (Lipinski definition) is 5. The van der Waals surface area contributed by atoms with E-state index in [1.165, 1.54) is 18.5 Å². The van der Waals surface area contributed by atoms with Gasteiger partial charge in [-0.25, -0.2) is 19.3 Å². The molecule has 23 heavy (non-hydrogen) atoms. The van der Waals surface area contributed by atoms with E-state index in [4.69, 9.17) is 11.6 Å². The summed E-state index contributed by atoms with van der Waals surface area (Å²) in [5.41, 5.74) is 1.87. The highest BCUT2D eigenvalue weighted by Gasteiger charge is 2.16. The summed E-state index contributed by atoms with van der Waals surface area (Å²) < 4.78 is 14.1. The third-order valence-corrected chi connectivity index (χ3v) is 3.56. The molecule has 0 fully saturated rings. The standard InChI is InChI=1S/C14H9ClFN7/c15-8-2-1-3-9(16)10(8)12-22-11-13(17-6-18-14(11)23-12)21-7-4-19-20-5-7/h1-6H,(H,19,20)(H2,17,18,21,22,23). The van der Waals surface area contributed by atoms with Crippen molar-refractivity contribution in [3.63, 3.8) is 0 Å². The van der Waals surface area contributed by atoms with E-state index in [-0.39, 0.29) is 10.6 Å². The van der Waals surface area contributed by atoms with Crippen molar-refractivity contribution in [3.8, 4) is 11.4 Å². The number of halogens is 2. The summed E-state index contributed by atoms with van der Waals surface area (Å²) in [5, 5.41) is 9.89. The Morgan fingerprint density at radius 2 is 2.13 bits per heavy atom. The molecule has 0 bridgehead atoms. The summed E-state index contributed by atoms with van der Waals surface area (Å²) in [6.07, 6.45) is 4.66. The van der Waals surface area contributed by atoms with Gasteiger partial charge in [0.15, 0.2) is 11.5 Å². The maximum atomic E-state index is 14.1. The molecule has 3 heterocycles. The average Bonchev–Trinajstić information content (AvgIpc) is 3.17. The molecule has 4 rings (SSSR count). The fourth-order valence-electron chi connectivity index (χ4n) is 2.22. The van der Waals surface area contributed by atoms with Gasteiger partial charge in [-0.3, -0.25) is 5.10 Å². The Bertz CT molecular complexity index is 960. The first-order chi connectivity index (χ1) is 11.2. The van der Waals surface area contributed by atoms with Gasteiger partial charge in [0, 0.05) is 6.20 Å². The SMILES string of the molecule is Fc1cccc(Cl)c1-c1nc2ncnc(Nc3cn[nH]c3)c2[nH]1. The molecular weight excluding hydrogens is 321 g/mol. The van der Waals surface area contributed by atoms with Gasteiger partial charge in [0.05, 0.1) is 22.5 Å². The van der Waals surface area contributed by atoms with Crippen LogP contribution in [0.25, 0.3) is 22.6 Å². The van der Waals surface area contributed by atoms with Gasteiger partial charge >= 0.3 is 0 Å². The minimum absolute atomic E-state index is 0.196. The van der Waals surface area contributed by atoms with Crippen LogP contribution < -0.4 is 5.32 Å². The molecule has 0 saturated heterocycles. The maximum Gasteiger partial charge on any atom is 0.183 e. The molecule has 0 aliphatic carbocycles. The molecule has 0 spiro atoms. The van der Waals surface area contributed by atoms with Crippen molar-refractivity contribution in [3.05, 3.63) is 47.8 Å². The lowest BCUT2D eigenvalue weighted by atomic mass is 10.2. The van der Waals surface area contributed by atoms with Gasteiger partial charge in [-0.05, 0) is 12.1 Å². The molecule has 0 atom stereocenters. The zero-order chi connectivity index (χ0) is 15.8. The highest BCUT2D eigenvalue weighted by Crippen LogP contribution is 2.31. The number of hydrogen-bond donors (Lipinski definition) is 3. The molecule has 9 heteroatoms. The monoisotopic (exact) mass is 329 g/mol. The first-order valence-corrected chi connectivity index (χ1v) is 7.01. The van der Waals surface area contributed by atoms with Crippen molar-refractivity contribution >= 4 is 34.3 Å². The Morgan fingerprint density at radius 1 is 1.22 bits per heavy atom. The van der Waals surface area contributed by atoms with E-state index in [9.17, 15) is 4.39 Å². The van der Waals surface area contributed by atoms with E-state index in [1.54, 1.807) is 18.5 Å². The van der Waals surface area contributed by atoms with Crippen LogP contribution in [0.5, 0.6) is 0 Å². The highest BCUT2D eigenvalue weighted by molar-refractivity contribution is 6.33. The van der Waals surface area contributed by atoms with Crippen LogP contribution in [0.2, 0.25) is 5.02 Å². The van der Waals surface area contributed by atoms with Gasteiger partial charge in [-0.15, -0.1) is 0 Å².